The summed E-state index contributed by atoms with van der Waals surface area (Å²) in [6.45, 7) is 20.5. The van der Waals surface area contributed by atoms with Crippen molar-refractivity contribution < 1.29 is 9.59 Å². The highest BCUT2D eigenvalue weighted by atomic mass is 29.9. The third-order valence-electron chi connectivity index (χ3n) is 5.45. The summed E-state index contributed by atoms with van der Waals surface area (Å²) in [6.07, 6.45) is 0.500. The molecule has 0 radical (unpaired) electrons. The lowest BCUT2D eigenvalue weighted by atomic mass is 10.3. The molecule has 122 valence electrons. The number of imide groups is 1. The quantitative estimate of drug-likeness (QED) is 0.569. The van der Waals surface area contributed by atoms with Crippen LogP contribution in [0, 0.1) is 0 Å². The van der Waals surface area contributed by atoms with E-state index in [0.29, 0.717) is 6.42 Å². The van der Waals surface area contributed by atoms with E-state index in [1.165, 1.54) is 4.90 Å². The average molecular weight is 360 g/mol. The van der Waals surface area contributed by atoms with Gasteiger partial charge in [-0.2, -0.15) is 0 Å². The van der Waals surface area contributed by atoms with Gasteiger partial charge in [-0.1, -0.05) is 58.9 Å². The predicted octanol–water partition coefficient (Wildman–Crippen LogP) is 3.44. The molecule has 21 heavy (non-hydrogen) atoms. The maximum Gasteiger partial charge on any atom is 0.229 e. The highest BCUT2D eigenvalue weighted by molar-refractivity contribution is 7.90. The fraction of sp³-hybridized carbons (Fsp3) is 0.857. The van der Waals surface area contributed by atoms with Crippen molar-refractivity contribution in [3.63, 3.8) is 0 Å². The molecule has 1 rings (SSSR count). The largest absolute Gasteiger partial charge is 0.286 e. The zero-order chi connectivity index (χ0) is 17.0. The molecule has 1 atom stereocenters. The average Bonchev–Trinajstić information content (AvgIpc) is 2.40. The lowest BCUT2D eigenvalue weighted by Crippen LogP contribution is -2.85. The van der Waals surface area contributed by atoms with Gasteiger partial charge in [0.25, 0.3) is 0 Å². The van der Waals surface area contributed by atoms with E-state index in [1.807, 2.05) is 0 Å². The molecular weight excluding hydrogens is 327 g/mol. The van der Waals surface area contributed by atoms with Crippen molar-refractivity contribution in [3.8, 4) is 0 Å². The topological polar surface area (TPSA) is 37.4 Å². The maximum atomic E-state index is 12.9. The number of likely N-dealkylation sites (tertiary alicyclic amines) is 1. The Kier molecular flexibility index (Phi) is 4.79. The minimum Gasteiger partial charge on any atom is -0.286 e. The van der Waals surface area contributed by atoms with Crippen molar-refractivity contribution in [2.75, 3.05) is 7.05 Å². The van der Waals surface area contributed by atoms with Crippen molar-refractivity contribution >= 4 is 41.2 Å². The molecule has 0 aromatic carbocycles. The Morgan fingerprint density at radius 2 is 1.14 bits per heavy atom. The van der Waals surface area contributed by atoms with Gasteiger partial charge in [-0.15, -0.1) is 0 Å². The van der Waals surface area contributed by atoms with E-state index < -0.39 is 29.4 Å². The molecule has 0 aliphatic carbocycles. The Bertz CT molecular complexity index is 421. The van der Waals surface area contributed by atoms with Gasteiger partial charge in [-0.3, -0.25) is 14.5 Å². The molecule has 1 saturated heterocycles. The number of hydrogen-bond donors (Lipinski definition) is 0. The molecule has 1 heterocycles. The summed E-state index contributed by atoms with van der Waals surface area (Å²) >= 11 is 0. The monoisotopic (exact) mass is 359 g/mol. The Hall–Kier alpha value is 0.00753. The molecule has 3 nitrogen and oxygen atoms in total. The summed E-state index contributed by atoms with van der Waals surface area (Å²) in [4.78, 5) is 26.5. The number of rotatable bonds is 4. The molecule has 1 aliphatic rings. The van der Waals surface area contributed by atoms with E-state index in [4.69, 9.17) is 0 Å². The normalized spacial score (nSPS) is 22.2. The predicted molar refractivity (Wildman–Crippen MR) is 102 cm³/mol. The third-order valence-corrected chi connectivity index (χ3v) is 79.0. The Balaban J connectivity index is 3.69. The molecule has 0 aromatic heterocycles. The van der Waals surface area contributed by atoms with E-state index in [9.17, 15) is 9.59 Å². The van der Waals surface area contributed by atoms with Crippen LogP contribution >= 0.6 is 0 Å². The van der Waals surface area contributed by atoms with Gasteiger partial charge in [0.2, 0.25) is 11.8 Å². The molecule has 0 N–H and O–H groups in total. The summed E-state index contributed by atoms with van der Waals surface area (Å²) in [5.41, 5.74) is 0.0694. The van der Waals surface area contributed by atoms with E-state index in [-0.39, 0.29) is 17.4 Å². The standard InChI is InChI=1S/C14H33NO2Si4/c1-15-13(16)11-12(14(15)17)21(18(2,3)4,19(5,6)7)20(8,9)10/h12H,11H2,1-10H3. The number of carbonyl (C=O) groups is 2. The molecule has 1 fully saturated rings. The van der Waals surface area contributed by atoms with Gasteiger partial charge >= 0.3 is 0 Å². The van der Waals surface area contributed by atoms with Crippen molar-refractivity contribution in [2.24, 2.45) is 0 Å². The molecule has 0 saturated carbocycles. The van der Waals surface area contributed by atoms with Crippen LogP contribution in [0.4, 0.5) is 0 Å². The lowest BCUT2D eigenvalue weighted by Gasteiger charge is -2.59. The fourth-order valence-electron chi connectivity index (χ4n) is 6.04. The van der Waals surface area contributed by atoms with Crippen molar-refractivity contribution in [1.82, 2.24) is 4.90 Å². The van der Waals surface area contributed by atoms with Gasteiger partial charge in [-0.05, 0) is 0 Å². The SMILES string of the molecule is CN1C(=O)CC([Si]([Si](C)(C)C)([Si](C)(C)C)[Si](C)(C)C)C1=O. The lowest BCUT2D eigenvalue weighted by molar-refractivity contribution is -0.136. The molecule has 2 amide bonds. The first-order chi connectivity index (χ1) is 9.09. The Morgan fingerprint density at radius 1 is 0.810 bits per heavy atom. The highest BCUT2D eigenvalue weighted by Crippen LogP contribution is 2.49. The van der Waals surface area contributed by atoms with Gasteiger partial charge in [0.05, 0.1) is 6.63 Å². The third kappa shape index (κ3) is 2.70. The van der Waals surface area contributed by atoms with Crippen LogP contribution < -0.4 is 0 Å². The molecule has 1 unspecified atom stereocenters. The van der Waals surface area contributed by atoms with E-state index in [1.54, 1.807) is 7.05 Å². The first-order valence-electron chi connectivity index (χ1n) is 7.89. The molecular formula is C14H33NO2Si4. The summed E-state index contributed by atoms with van der Waals surface area (Å²) in [5, 5.41) is 0. The second-order valence-corrected chi connectivity index (χ2v) is 50.5. The van der Waals surface area contributed by atoms with Crippen LogP contribution in [0.3, 0.4) is 0 Å². The molecule has 0 aromatic rings. The molecule has 7 heteroatoms. The van der Waals surface area contributed by atoms with Crippen LogP contribution in [0.5, 0.6) is 0 Å². The smallest absolute Gasteiger partial charge is 0.229 e. The Labute approximate surface area is 133 Å². The summed E-state index contributed by atoms with van der Waals surface area (Å²) in [7, 11) is -2.85. The van der Waals surface area contributed by atoms with Crippen molar-refractivity contribution in [2.45, 2.75) is 70.9 Å². The summed E-state index contributed by atoms with van der Waals surface area (Å²) in [6, 6.07) is 0. The summed E-state index contributed by atoms with van der Waals surface area (Å²) < 4.78 is 0. The number of nitrogens with zero attached hydrogens (tertiary/aromatic N) is 1. The first-order valence-corrected chi connectivity index (χ1v) is 23.5. The number of hydrogen-bond acceptors (Lipinski definition) is 2. The second-order valence-electron chi connectivity index (χ2n) is 9.61. The van der Waals surface area contributed by atoms with Gasteiger partial charge in [0.15, 0.2) is 0 Å². The van der Waals surface area contributed by atoms with Crippen LogP contribution in [0.2, 0.25) is 64.5 Å². The first kappa shape index (κ1) is 19.1. The zero-order valence-electron chi connectivity index (χ0n) is 15.5. The Morgan fingerprint density at radius 3 is 1.33 bits per heavy atom. The second kappa shape index (κ2) is 5.28. The summed E-state index contributed by atoms with van der Waals surface area (Å²) in [5.74, 6) is 0.204. The minimum absolute atomic E-state index is 0.0524. The van der Waals surface area contributed by atoms with E-state index in [0.717, 1.165) is 0 Å². The maximum absolute atomic E-state index is 12.9. The fourth-order valence-corrected chi connectivity index (χ4v) is 109. The zero-order valence-corrected chi connectivity index (χ0v) is 19.5. The minimum atomic E-state index is -1.81. The van der Waals surface area contributed by atoms with Crippen molar-refractivity contribution in [1.29, 1.82) is 0 Å². The van der Waals surface area contributed by atoms with Crippen LogP contribution in [-0.2, 0) is 9.59 Å². The van der Waals surface area contributed by atoms with Crippen LogP contribution in [0.15, 0.2) is 0 Å². The van der Waals surface area contributed by atoms with Crippen molar-refractivity contribution in [3.05, 3.63) is 0 Å². The number of amides is 2. The number of carbonyl (C=O) groups excluding carboxylic acids is 2. The molecule has 0 spiro atoms. The van der Waals surface area contributed by atoms with Gasteiger partial charge in [0.1, 0.15) is 0 Å². The van der Waals surface area contributed by atoms with Gasteiger partial charge < -0.3 is 0 Å². The van der Waals surface area contributed by atoms with Crippen LogP contribution in [-0.4, -0.2) is 53.2 Å². The van der Waals surface area contributed by atoms with Crippen LogP contribution in [0.1, 0.15) is 6.42 Å². The molecule has 1 aliphatic heterocycles. The highest BCUT2D eigenvalue weighted by Gasteiger charge is 2.68. The van der Waals surface area contributed by atoms with Gasteiger partial charge in [-0.25, -0.2) is 0 Å². The van der Waals surface area contributed by atoms with E-state index >= 15 is 0 Å². The van der Waals surface area contributed by atoms with Gasteiger partial charge in [0, 0.05) is 41.8 Å². The van der Waals surface area contributed by atoms with Crippen LogP contribution in [0.25, 0.3) is 0 Å². The van der Waals surface area contributed by atoms with E-state index in [2.05, 4.69) is 58.9 Å². The molecule has 0 bridgehead atoms.